The van der Waals surface area contributed by atoms with Crippen molar-refractivity contribution in [1.82, 2.24) is 0 Å². The van der Waals surface area contributed by atoms with E-state index in [-0.39, 0.29) is 0 Å². The van der Waals surface area contributed by atoms with E-state index in [1.54, 1.807) is 0 Å². The van der Waals surface area contributed by atoms with Crippen LogP contribution >= 0.6 is 0 Å². The third kappa shape index (κ3) is 6.55. The third-order valence-corrected chi connectivity index (χ3v) is 6.05. The number of fused-ring (bicyclic) bond motifs is 2. The first-order valence-corrected chi connectivity index (χ1v) is 12.4. The van der Waals surface area contributed by atoms with Crippen LogP contribution in [0.2, 0.25) is 0 Å². The van der Waals surface area contributed by atoms with Gasteiger partial charge in [-0.3, -0.25) is 0 Å². The van der Waals surface area contributed by atoms with E-state index in [1.165, 1.54) is 0 Å². The monoisotopic (exact) mass is 475 g/mol. The molecule has 0 saturated carbocycles. The maximum atomic E-state index is 11.6. The lowest BCUT2D eigenvalue weighted by atomic mass is 10.1. The van der Waals surface area contributed by atoms with Crippen LogP contribution in [0.4, 0.5) is 11.4 Å². The van der Waals surface area contributed by atoms with E-state index in [1.807, 2.05) is 72.8 Å². The van der Waals surface area contributed by atoms with Gasteiger partial charge in [0, 0.05) is 13.0 Å². The van der Waals surface area contributed by atoms with Crippen LogP contribution in [0, 0.1) is 0 Å². The van der Waals surface area contributed by atoms with Crippen LogP contribution in [-0.4, -0.2) is 36.9 Å². The van der Waals surface area contributed by atoms with Crippen molar-refractivity contribution in [2.45, 2.75) is 45.1 Å². The standard InChI is InChI=1S/C29H33NO5/c1-2-3-4-9-19-34-28(29(31)32)21-22-14-16-23(17-15-22)33-20-18-30-24-10-5-7-12-26(24)35-27-13-8-6-11-25(27)30/h5-8,10-17,28H,2-4,9,18-21H2,1H3,(H,31,32). The number of para-hydroxylation sites is 4. The molecule has 0 fully saturated rings. The summed E-state index contributed by atoms with van der Waals surface area (Å²) in [6.45, 7) is 3.77. The second-order valence-electron chi connectivity index (χ2n) is 8.64. The van der Waals surface area contributed by atoms with Gasteiger partial charge in [-0.25, -0.2) is 4.79 Å². The Morgan fingerprint density at radius 1 is 0.886 bits per heavy atom. The highest BCUT2D eigenvalue weighted by Crippen LogP contribution is 2.45. The molecule has 6 nitrogen and oxygen atoms in total. The largest absolute Gasteiger partial charge is 0.492 e. The number of benzene rings is 3. The average molecular weight is 476 g/mol. The SMILES string of the molecule is CCCCCCOC(Cc1ccc(OCCN2c3ccccc3Oc3ccccc32)cc1)C(=O)O. The van der Waals surface area contributed by atoms with E-state index in [2.05, 4.69) is 11.8 Å². The molecule has 3 aromatic rings. The smallest absolute Gasteiger partial charge is 0.333 e. The molecule has 0 saturated heterocycles. The van der Waals surface area contributed by atoms with Gasteiger partial charge in [-0.2, -0.15) is 0 Å². The maximum absolute atomic E-state index is 11.6. The van der Waals surface area contributed by atoms with Gasteiger partial charge in [-0.15, -0.1) is 0 Å². The van der Waals surface area contributed by atoms with E-state index in [9.17, 15) is 9.90 Å². The first-order chi connectivity index (χ1) is 17.2. The van der Waals surface area contributed by atoms with Gasteiger partial charge in [0.1, 0.15) is 12.4 Å². The summed E-state index contributed by atoms with van der Waals surface area (Å²) in [5.41, 5.74) is 2.94. The number of carbonyl (C=O) groups is 1. The number of anilines is 2. The Kier molecular flexibility index (Phi) is 8.63. The van der Waals surface area contributed by atoms with Crippen molar-refractivity contribution in [2.24, 2.45) is 0 Å². The van der Waals surface area contributed by atoms with Crippen LogP contribution in [0.15, 0.2) is 72.8 Å². The first kappa shape index (κ1) is 24.6. The molecule has 0 spiro atoms. The summed E-state index contributed by atoms with van der Waals surface area (Å²) in [6, 6.07) is 23.6. The number of carboxylic acids is 1. The van der Waals surface area contributed by atoms with Gasteiger partial charge in [-0.05, 0) is 48.4 Å². The fourth-order valence-electron chi connectivity index (χ4n) is 4.18. The number of rotatable bonds is 13. The number of unbranched alkanes of at least 4 members (excludes halogenated alkanes) is 3. The summed E-state index contributed by atoms with van der Waals surface area (Å²) in [7, 11) is 0. The highest BCUT2D eigenvalue weighted by molar-refractivity contribution is 5.77. The van der Waals surface area contributed by atoms with Crippen molar-refractivity contribution in [3.05, 3.63) is 78.4 Å². The molecule has 6 heteroatoms. The lowest BCUT2D eigenvalue weighted by molar-refractivity contribution is -0.150. The molecule has 0 bridgehead atoms. The van der Waals surface area contributed by atoms with Crippen molar-refractivity contribution in [1.29, 1.82) is 0 Å². The topological polar surface area (TPSA) is 68.2 Å². The summed E-state index contributed by atoms with van der Waals surface area (Å²) < 4.78 is 17.7. The Hall–Kier alpha value is -3.51. The molecule has 0 aliphatic carbocycles. The normalized spacial score (nSPS) is 12.9. The van der Waals surface area contributed by atoms with Gasteiger partial charge in [0.25, 0.3) is 0 Å². The first-order valence-electron chi connectivity index (χ1n) is 12.4. The molecule has 4 rings (SSSR count). The summed E-state index contributed by atoms with van der Waals surface area (Å²) in [4.78, 5) is 13.8. The minimum atomic E-state index is -0.924. The molecular formula is C29H33NO5. The van der Waals surface area contributed by atoms with Crippen LogP contribution in [0.1, 0.15) is 38.2 Å². The van der Waals surface area contributed by atoms with Crippen molar-refractivity contribution in [3.63, 3.8) is 0 Å². The van der Waals surface area contributed by atoms with Gasteiger partial charge < -0.3 is 24.2 Å². The van der Waals surface area contributed by atoms with Crippen LogP contribution in [0.5, 0.6) is 17.2 Å². The van der Waals surface area contributed by atoms with Crippen LogP contribution in [0.3, 0.4) is 0 Å². The number of aliphatic carboxylic acids is 1. The predicted octanol–water partition coefficient (Wildman–Crippen LogP) is 6.60. The Morgan fingerprint density at radius 3 is 2.17 bits per heavy atom. The van der Waals surface area contributed by atoms with Gasteiger partial charge in [-0.1, -0.05) is 62.6 Å². The van der Waals surface area contributed by atoms with Gasteiger partial charge in [0.2, 0.25) is 0 Å². The fraction of sp³-hybridized carbons (Fsp3) is 0.345. The summed E-state index contributed by atoms with van der Waals surface area (Å²) in [6.07, 6.45) is 3.76. The third-order valence-electron chi connectivity index (χ3n) is 6.05. The molecule has 1 unspecified atom stereocenters. The van der Waals surface area contributed by atoms with Crippen molar-refractivity contribution >= 4 is 17.3 Å². The molecule has 0 radical (unpaired) electrons. The van der Waals surface area contributed by atoms with Gasteiger partial charge in [0.05, 0.1) is 17.9 Å². The molecule has 184 valence electrons. The zero-order valence-electron chi connectivity index (χ0n) is 20.2. The number of ether oxygens (including phenoxy) is 3. The molecular weight excluding hydrogens is 442 g/mol. The van der Waals surface area contributed by atoms with E-state index < -0.39 is 12.1 Å². The Morgan fingerprint density at radius 2 is 1.54 bits per heavy atom. The molecule has 1 aliphatic rings. The molecule has 1 atom stereocenters. The van der Waals surface area contributed by atoms with Gasteiger partial charge in [0.15, 0.2) is 17.6 Å². The average Bonchev–Trinajstić information content (AvgIpc) is 2.88. The minimum absolute atomic E-state index is 0.338. The Bertz CT molecular complexity index is 1050. The molecule has 1 aliphatic heterocycles. The van der Waals surface area contributed by atoms with Crippen LogP contribution in [0.25, 0.3) is 0 Å². The molecule has 0 amide bonds. The molecule has 35 heavy (non-hydrogen) atoms. The molecule has 0 aromatic heterocycles. The Balaban J connectivity index is 1.31. The predicted molar refractivity (Wildman–Crippen MR) is 137 cm³/mol. The second-order valence-corrected chi connectivity index (χ2v) is 8.64. The van der Waals surface area contributed by atoms with Gasteiger partial charge >= 0.3 is 5.97 Å². The molecule has 3 aromatic carbocycles. The number of hydrogen-bond donors (Lipinski definition) is 1. The van der Waals surface area contributed by atoms with Crippen LogP contribution in [-0.2, 0) is 16.0 Å². The molecule has 1 heterocycles. The number of nitrogens with zero attached hydrogens (tertiary/aromatic N) is 1. The second kappa shape index (κ2) is 12.3. The zero-order chi connectivity index (χ0) is 24.5. The highest BCUT2D eigenvalue weighted by atomic mass is 16.5. The Labute approximate surface area is 207 Å². The lowest BCUT2D eigenvalue weighted by Crippen LogP contribution is -2.27. The summed E-state index contributed by atoms with van der Waals surface area (Å²) in [5, 5.41) is 9.51. The quantitative estimate of drug-likeness (QED) is 0.281. The van der Waals surface area contributed by atoms with Crippen molar-refractivity contribution < 1.29 is 24.1 Å². The van der Waals surface area contributed by atoms with E-state index in [4.69, 9.17) is 14.2 Å². The highest BCUT2D eigenvalue weighted by Gasteiger charge is 2.23. The number of carboxylic acid groups (broad SMARTS) is 1. The van der Waals surface area contributed by atoms with Crippen LogP contribution < -0.4 is 14.4 Å². The fourth-order valence-corrected chi connectivity index (χ4v) is 4.18. The lowest BCUT2D eigenvalue weighted by Gasteiger charge is -2.32. The van der Waals surface area contributed by atoms with Crippen molar-refractivity contribution in [3.8, 4) is 17.2 Å². The zero-order valence-corrected chi connectivity index (χ0v) is 20.2. The van der Waals surface area contributed by atoms with E-state index in [0.29, 0.717) is 26.2 Å². The summed E-state index contributed by atoms with van der Waals surface area (Å²) in [5.74, 6) is 1.48. The van der Waals surface area contributed by atoms with E-state index >= 15 is 0 Å². The maximum Gasteiger partial charge on any atom is 0.333 e. The van der Waals surface area contributed by atoms with Crippen molar-refractivity contribution in [2.75, 3.05) is 24.7 Å². The summed E-state index contributed by atoms with van der Waals surface area (Å²) >= 11 is 0. The van der Waals surface area contributed by atoms with E-state index in [0.717, 1.165) is 59.9 Å². The minimum Gasteiger partial charge on any atom is -0.492 e. The molecule has 1 N–H and O–H groups in total. The number of hydrogen-bond acceptors (Lipinski definition) is 5.